The van der Waals surface area contributed by atoms with Crippen molar-refractivity contribution in [1.29, 1.82) is 0 Å². The van der Waals surface area contributed by atoms with Gasteiger partial charge in [0.2, 0.25) is 0 Å². The normalized spacial score (nSPS) is 22.2. The highest BCUT2D eigenvalue weighted by Gasteiger charge is 2.27. The molecular formula is C13H15N3O2S. The third-order valence-electron chi connectivity index (χ3n) is 3.64. The number of nitrogens with one attached hydrogen (secondary N) is 1. The zero-order chi connectivity index (χ0) is 13.6. The molecule has 1 aliphatic rings. The van der Waals surface area contributed by atoms with E-state index in [2.05, 4.69) is 22.2 Å². The highest BCUT2D eigenvalue weighted by molar-refractivity contribution is 7.20. The van der Waals surface area contributed by atoms with Crippen molar-refractivity contribution < 1.29 is 9.90 Å². The van der Waals surface area contributed by atoms with Crippen LogP contribution in [0.15, 0.2) is 6.33 Å². The van der Waals surface area contributed by atoms with E-state index in [1.165, 1.54) is 17.7 Å². The van der Waals surface area contributed by atoms with Crippen LogP contribution in [0.1, 0.15) is 35.0 Å². The van der Waals surface area contributed by atoms with Crippen LogP contribution in [0.2, 0.25) is 0 Å². The number of hydrogen-bond acceptors (Lipinski definition) is 5. The monoisotopic (exact) mass is 277 g/mol. The smallest absolute Gasteiger partial charge is 0.346 e. The molecule has 6 heteroatoms. The van der Waals surface area contributed by atoms with Crippen molar-refractivity contribution >= 4 is 33.3 Å². The molecule has 0 bridgehead atoms. The Morgan fingerprint density at radius 1 is 1.47 bits per heavy atom. The first-order chi connectivity index (χ1) is 9.06. The molecule has 100 valence electrons. The van der Waals surface area contributed by atoms with Crippen molar-refractivity contribution in [2.75, 3.05) is 5.32 Å². The lowest BCUT2D eigenvalue weighted by atomic mass is 9.82. The second-order valence-corrected chi connectivity index (χ2v) is 6.18. The number of nitrogens with zero attached hydrogens (tertiary/aromatic N) is 2. The van der Waals surface area contributed by atoms with E-state index < -0.39 is 5.97 Å². The van der Waals surface area contributed by atoms with Gasteiger partial charge in [0, 0.05) is 6.04 Å². The summed E-state index contributed by atoms with van der Waals surface area (Å²) in [6.45, 7) is 4.05. The van der Waals surface area contributed by atoms with E-state index in [9.17, 15) is 9.90 Å². The van der Waals surface area contributed by atoms with Gasteiger partial charge in [-0.25, -0.2) is 14.8 Å². The molecule has 2 N–H and O–H groups in total. The van der Waals surface area contributed by atoms with E-state index in [0.29, 0.717) is 10.9 Å². The molecule has 0 aromatic carbocycles. The predicted octanol–water partition coefficient (Wildman–Crippen LogP) is 2.91. The van der Waals surface area contributed by atoms with Crippen LogP contribution in [0.5, 0.6) is 0 Å². The number of carboxylic acid groups (broad SMARTS) is 1. The van der Waals surface area contributed by atoms with Crippen molar-refractivity contribution in [3.8, 4) is 0 Å². The number of carbonyl (C=O) groups is 1. The lowest BCUT2D eigenvalue weighted by molar-refractivity contribution is 0.0701. The van der Waals surface area contributed by atoms with Crippen LogP contribution in [0.25, 0.3) is 10.2 Å². The maximum absolute atomic E-state index is 11.2. The predicted molar refractivity (Wildman–Crippen MR) is 74.9 cm³/mol. The summed E-state index contributed by atoms with van der Waals surface area (Å²) in [5.74, 6) is 0.625. The minimum atomic E-state index is -0.899. The molecule has 0 atom stereocenters. The van der Waals surface area contributed by atoms with Crippen molar-refractivity contribution in [2.45, 2.75) is 32.7 Å². The molecule has 5 nitrogen and oxygen atoms in total. The SMILES string of the molecule is Cc1c(C(=O)O)sc2ncnc(NC3CC(C)C3)c12. The largest absolute Gasteiger partial charge is 0.477 e. The van der Waals surface area contributed by atoms with Gasteiger partial charge in [-0.1, -0.05) is 6.92 Å². The van der Waals surface area contributed by atoms with E-state index in [4.69, 9.17) is 0 Å². The molecule has 1 fully saturated rings. The fraction of sp³-hybridized carbons (Fsp3) is 0.462. The summed E-state index contributed by atoms with van der Waals surface area (Å²) in [5.41, 5.74) is 0.753. The van der Waals surface area contributed by atoms with Crippen LogP contribution in [-0.2, 0) is 0 Å². The molecule has 2 aromatic heterocycles. The van der Waals surface area contributed by atoms with E-state index in [-0.39, 0.29) is 0 Å². The van der Waals surface area contributed by atoms with Gasteiger partial charge in [-0.2, -0.15) is 0 Å². The summed E-state index contributed by atoms with van der Waals surface area (Å²) in [5, 5.41) is 13.4. The van der Waals surface area contributed by atoms with Gasteiger partial charge in [0.25, 0.3) is 0 Å². The van der Waals surface area contributed by atoms with Gasteiger partial charge in [0.1, 0.15) is 21.9 Å². The first kappa shape index (κ1) is 12.3. The van der Waals surface area contributed by atoms with E-state index in [0.717, 1.165) is 40.4 Å². The average molecular weight is 277 g/mol. The molecule has 2 heterocycles. The highest BCUT2D eigenvalue weighted by Crippen LogP contribution is 2.35. The van der Waals surface area contributed by atoms with Crippen LogP contribution in [-0.4, -0.2) is 27.1 Å². The summed E-state index contributed by atoms with van der Waals surface area (Å²) in [4.78, 5) is 20.7. The molecule has 2 aromatic rings. The second-order valence-electron chi connectivity index (χ2n) is 5.18. The van der Waals surface area contributed by atoms with Crippen molar-refractivity contribution in [3.05, 3.63) is 16.8 Å². The number of aryl methyl sites for hydroxylation is 1. The average Bonchev–Trinajstić information content (AvgIpc) is 2.66. The fourth-order valence-electron chi connectivity index (χ4n) is 2.60. The maximum atomic E-state index is 11.2. The fourth-order valence-corrected chi connectivity index (χ4v) is 3.59. The molecule has 0 amide bonds. The summed E-state index contributed by atoms with van der Waals surface area (Å²) in [7, 11) is 0. The minimum absolute atomic E-state index is 0.348. The third kappa shape index (κ3) is 2.06. The van der Waals surface area contributed by atoms with E-state index in [1.807, 2.05) is 6.92 Å². The lowest BCUT2D eigenvalue weighted by Gasteiger charge is -2.33. The zero-order valence-electron chi connectivity index (χ0n) is 10.8. The number of anilines is 1. The maximum Gasteiger partial charge on any atom is 0.346 e. The Morgan fingerprint density at radius 3 is 2.84 bits per heavy atom. The summed E-state index contributed by atoms with van der Waals surface area (Å²) >= 11 is 1.21. The summed E-state index contributed by atoms with van der Waals surface area (Å²) < 4.78 is 0. The topological polar surface area (TPSA) is 75.1 Å². The van der Waals surface area contributed by atoms with Crippen LogP contribution >= 0.6 is 11.3 Å². The first-order valence-electron chi connectivity index (χ1n) is 6.30. The van der Waals surface area contributed by atoms with Crippen molar-refractivity contribution in [3.63, 3.8) is 0 Å². The Labute approximate surface area is 114 Å². The third-order valence-corrected chi connectivity index (χ3v) is 4.82. The van der Waals surface area contributed by atoms with Gasteiger partial charge in [-0.3, -0.25) is 0 Å². The Morgan fingerprint density at radius 2 is 2.21 bits per heavy atom. The lowest BCUT2D eigenvalue weighted by Crippen LogP contribution is -2.34. The first-order valence-corrected chi connectivity index (χ1v) is 7.12. The number of rotatable bonds is 3. The zero-order valence-corrected chi connectivity index (χ0v) is 11.6. The minimum Gasteiger partial charge on any atom is -0.477 e. The van der Waals surface area contributed by atoms with E-state index in [1.54, 1.807) is 0 Å². The molecule has 0 radical (unpaired) electrons. The van der Waals surface area contributed by atoms with Gasteiger partial charge in [0.15, 0.2) is 0 Å². The Kier molecular flexibility index (Phi) is 2.89. The van der Waals surface area contributed by atoms with Gasteiger partial charge in [0.05, 0.1) is 5.39 Å². The Bertz CT molecular complexity index is 647. The highest BCUT2D eigenvalue weighted by atomic mass is 32.1. The number of aromatic nitrogens is 2. The molecule has 1 saturated carbocycles. The van der Waals surface area contributed by atoms with Crippen LogP contribution in [0.3, 0.4) is 0 Å². The Hall–Kier alpha value is -1.69. The Balaban J connectivity index is 2.02. The van der Waals surface area contributed by atoms with Crippen molar-refractivity contribution in [1.82, 2.24) is 9.97 Å². The molecule has 3 rings (SSSR count). The van der Waals surface area contributed by atoms with Gasteiger partial charge in [-0.05, 0) is 31.2 Å². The quantitative estimate of drug-likeness (QED) is 0.902. The van der Waals surface area contributed by atoms with Gasteiger partial charge < -0.3 is 10.4 Å². The van der Waals surface area contributed by atoms with Gasteiger partial charge in [-0.15, -0.1) is 11.3 Å². The van der Waals surface area contributed by atoms with Crippen LogP contribution in [0.4, 0.5) is 5.82 Å². The molecule has 0 spiro atoms. The molecular weight excluding hydrogens is 262 g/mol. The number of fused-ring (bicyclic) bond motifs is 1. The van der Waals surface area contributed by atoms with Crippen LogP contribution in [0, 0.1) is 12.8 Å². The summed E-state index contributed by atoms with van der Waals surface area (Å²) in [6.07, 6.45) is 3.77. The standard InChI is InChI=1S/C13H15N3O2S/c1-6-3-8(4-6)16-11-9-7(2)10(13(17)18)19-12(9)15-5-14-11/h5-6,8H,3-4H2,1-2H3,(H,17,18)(H,14,15,16). The molecule has 0 aliphatic heterocycles. The second kappa shape index (κ2) is 4.45. The molecule has 0 unspecified atom stereocenters. The van der Waals surface area contributed by atoms with Crippen LogP contribution < -0.4 is 5.32 Å². The number of aromatic carboxylic acids is 1. The number of thiophene rings is 1. The number of carboxylic acids is 1. The van der Waals surface area contributed by atoms with E-state index >= 15 is 0 Å². The number of hydrogen-bond donors (Lipinski definition) is 2. The van der Waals surface area contributed by atoms with Crippen molar-refractivity contribution in [2.24, 2.45) is 5.92 Å². The summed E-state index contributed by atoms with van der Waals surface area (Å²) in [6, 6.07) is 0.445. The molecule has 1 aliphatic carbocycles. The molecule has 19 heavy (non-hydrogen) atoms. The van der Waals surface area contributed by atoms with Gasteiger partial charge >= 0.3 is 5.97 Å². The molecule has 0 saturated heterocycles.